The summed E-state index contributed by atoms with van der Waals surface area (Å²) in [6.07, 6.45) is 0.685. The molecule has 7 heteroatoms. The van der Waals surface area contributed by atoms with Gasteiger partial charge < -0.3 is 10.6 Å². The second kappa shape index (κ2) is 9.19. The second-order valence-electron chi connectivity index (χ2n) is 8.14. The van der Waals surface area contributed by atoms with E-state index in [2.05, 4.69) is 41.4 Å². The molecule has 1 heterocycles. The number of aryl methyl sites for hydroxylation is 1. The zero-order valence-corrected chi connectivity index (χ0v) is 19.2. The summed E-state index contributed by atoms with van der Waals surface area (Å²) >= 11 is 12.5. The Bertz CT molecular complexity index is 1060. The lowest BCUT2D eigenvalue weighted by Gasteiger charge is -2.19. The largest absolute Gasteiger partial charge is 0.368 e. The molecule has 0 atom stereocenters. The summed E-state index contributed by atoms with van der Waals surface area (Å²) in [7, 11) is 0. The number of benzene rings is 2. The predicted molar refractivity (Wildman–Crippen MR) is 125 cm³/mol. The van der Waals surface area contributed by atoms with Crippen LogP contribution in [0.2, 0.25) is 10.0 Å². The molecule has 0 saturated heterocycles. The van der Waals surface area contributed by atoms with Crippen LogP contribution in [-0.2, 0) is 11.8 Å². The Labute approximate surface area is 187 Å². The van der Waals surface area contributed by atoms with Crippen LogP contribution in [0, 0.1) is 0 Å². The van der Waals surface area contributed by atoms with Gasteiger partial charge in [0.25, 0.3) is 5.91 Å². The van der Waals surface area contributed by atoms with E-state index < -0.39 is 0 Å². The maximum Gasteiger partial charge on any atom is 0.251 e. The van der Waals surface area contributed by atoms with Crippen LogP contribution in [-0.4, -0.2) is 29.0 Å². The molecule has 0 aliphatic carbocycles. The first-order chi connectivity index (χ1) is 14.2. The zero-order chi connectivity index (χ0) is 21.9. The van der Waals surface area contributed by atoms with Gasteiger partial charge in [-0.05, 0) is 35.2 Å². The molecule has 0 fully saturated rings. The third-order valence-electron chi connectivity index (χ3n) is 4.80. The molecule has 3 aromatic rings. The average molecular weight is 445 g/mol. The maximum absolute atomic E-state index is 12.4. The van der Waals surface area contributed by atoms with Crippen molar-refractivity contribution in [2.24, 2.45) is 0 Å². The Hall–Kier alpha value is -2.37. The van der Waals surface area contributed by atoms with Gasteiger partial charge in [0.15, 0.2) is 0 Å². The number of aromatic nitrogens is 2. The van der Waals surface area contributed by atoms with E-state index in [0.717, 1.165) is 5.39 Å². The Morgan fingerprint density at radius 3 is 2.37 bits per heavy atom. The van der Waals surface area contributed by atoms with E-state index in [0.29, 0.717) is 52.3 Å². The normalized spacial score (nSPS) is 11.5. The minimum absolute atomic E-state index is 0.0579. The van der Waals surface area contributed by atoms with E-state index in [9.17, 15) is 4.79 Å². The predicted octanol–water partition coefficient (Wildman–Crippen LogP) is 5.64. The van der Waals surface area contributed by atoms with Crippen LogP contribution >= 0.6 is 23.2 Å². The number of carbonyl (C=O) groups is 1. The minimum Gasteiger partial charge on any atom is -0.368 e. The van der Waals surface area contributed by atoms with E-state index in [1.807, 2.05) is 31.2 Å². The number of hydrogen-bond donors (Lipinski definition) is 2. The van der Waals surface area contributed by atoms with Crippen molar-refractivity contribution in [2.75, 3.05) is 18.4 Å². The fraction of sp³-hybridized carbons (Fsp3) is 0.348. The van der Waals surface area contributed by atoms with Gasteiger partial charge >= 0.3 is 0 Å². The van der Waals surface area contributed by atoms with Crippen LogP contribution in [0.15, 0.2) is 36.4 Å². The summed E-state index contributed by atoms with van der Waals surface area (Å²) in [5.41, 5.74) is 2.56. The van der Waals surface area contributed by atoms with Crippen molar-refractivity contribution < 1.29 is 4.79 Å². The van der Waals surface area contributed by atoms with E-state index in [-0.39, 0.29) is 11.3 Å². The van der Waals surface area contributed by atoms with Crippen molar-refractivity contribution in [1.82, 2.24) is 15.3 Å². The van der Waals surface area contributed by atoms with Gasteiger partial charge in [0, 0.05) is 35.5 Å². The Morgan fingerprint density at radius 2 is 1.73 bits per heavy atom. The highest BCUT2D eigenvalue weighted by Crippen LogP contribution is 2.30. The van der Waals surface area contributed by atoms with Gasteiger partial charge in [-0.15, -0.1) is 0 Å². The SMILES string of the molecule is CCc1nc(NCCNC(=O)c2ccc(C(C)(C)C)cc2)c2cc(Cl)cc(Cl)c2n1. The first-order valence-electron chi connectivity index (χ1n) is 9.97. The van der Waals surface area contributed by atoms with Crippen molar-refractivity contribution in [3.63, 3.8) is 0 Å². The number of hydrogen-bond acceptors (Lipinski definition) is 4. The number of amides is 1. The van der Waals surface area contributed by atoms with Crippen LogP contribution in [0.1, 0.15) is 49.4 Å². The number of halogens is 2. The Balaban J connectivity index is 1.65. The molecular formula is C23H26Cl2N4O. The van der Waals surface area contributed by atoms with Gasteiger partial charge in [-0.25, -0.2) is 9.97 Å². The Morgan fingerprint density at radius 1 is 1.03 bits per heavy atom. The molecule has 30 heavy (non-hydrogen) atoms. The molecule has 1 amide bonds. The van der Waals surface area contributed by atoms with Gasteiger partial charge in [0.2, 0.25) is 0 Å². The minimum atomic E-state index is -0.106. The molecule has 0 unspecified atom stereocenters. The number of nitrogens with one attached hydrogen (secondary N) is 2. The topological polar surface area (TPSA) is 66.9 Å². The molecule has 0 aliphatic rings. The van der Waals surface area contributed by atoms with Crippen molar-refractivity contribution >= 4 is 45.8 Å². The highest BCUT2D eigenvalue weighted by Gasteiger charge is 2.14. The van der Waals surface area contributed by atoms with Crippen molar-refractivity contribution in [1.29, 1.82) is 0 Å². The van der Waals surface area contributed by atoms with Crippen LogP contribution in [0.3, 0.4) is 0 Å². The number of carbonyl (C=O) groups excluding carboxylic acids is 1. The van der Waals surface area contributed by atoms with Gasteiger partial charge in [-0.3, -0.25) is 4.79 Å². The van der Waals surface area contributed by atoms with E-state index in [4.69, 9.17) is 23.2 Å². The fourth-order valence-electron chi connectivity index (χ4n) is 3.08. The van der Waals surface area contributed by atoms with Crippen LogP contribution in [0.25, 0.3) is 10.9 Å². The lowest BCUT2D eigenvalue weighted by atomic mass is 9.87. The van der Waals surface area contributed by atoms with E-state index in [1.165, 1.54) is 5.56 Å². The zero-order valence-electron chi connectivity index (χ0n) is 17.6. The third-order valence-corrected chi connectivity index (χ3v) is 5.30. The van der Waals surface area contributed by atoms with Crippen LogP contribution in [0.5, 0.6) is 0 Å². The monoisotopic (exact) mass is 444 g/mol. The number of anilines is 1. The van der Waals surface area contributed by atoms with Crippen LogP contribution in [0.4, 0.5) is 5.82 Å². The molecule has 0 radical (unpaired) electrons. The lowest BCUT2D eigenvalue weighted by molar-refractivity contribution is 0.0955. The third kappa shape index (κ3) is 5.21. The Kier molecular flexibility index (Phi) is 6.84. The van der Waals surface area contributed by atoms with Gasteiger partial charge in [0.05, 0.1) is 10.5 Å². The molecule has 158 valence electrons. The van der Waals surface area contributed by atoms with E-state index in [1.54, 1.807) is 12.1 Å². The molecule has 0 bridgehead atoms. The van der Waals surface area contributed by atoms with Gasteiger partial charge in [0.1, 0.15) is 11.6 Å². The first-order valence-corrected chi connectivity index (χ1v) is 10.7. The molecule has 0 spiro atoms. The van der Waals surface area contributed by atoms with Gasteiger partial charge in [-0.2, -0.15) is 0 Å². The molecule has 1 aromatic heterocycles. The lowest BCUT2D eigenvalue weighted by Crippen LogP contribution is -2.29. The first kappa shape index (κ1) is 22.3. The highest BCUT2D eigenvalue weighted by atomic mass is 35.5. The second-order valence-corrected chi connectivity index (χ2v) is 8.98. The molecule has 2 N–H and O–H groups in total. The quantitative estimate of drug-likeness (QED) is 0.482. The molecule has 5 nitrogen and oxygen atoms in total. The van der Waals surface area contributed by atoms with Crippen molar-refractivity contribution in [3.05, 3.63) is 63.4 Å². The van der Waals surface area contributed by atoms with Crippen LogP contribution < -0.4 is 10.6 Å². The van der Waals surface area contributed by atoms with Crippen molar-refractivity contribution in [3.8, 4) is 0 Å². The number of fused-ring (bicyclic) bond motifs is 1. The number of nitrogens with zero attached hydrogens (tertiary/aromatic N) is 2. The highest BCUT2D eigenvalue weighted by molar-refractivity contribution is 6.38. The average Bonchev–Trinajstić information content (AvgIpc) is 2.70. The summed E-state index contributed by atoms with van der Waals surface area (Å²) in [5, 5.41) is 7.97. The molecule has 0 aliphatic heterocycles. The molecular weight excluding hydrogens is 419 g/mol. The molecule has 3 rings (SSSR count). The van der Waals surface area contributed by atoms with E-state index >= 15 is 0 Å². The smallest absolute Gasteiger partial charge is 0.251 e. The fourth-order valence-corrected chi connectivity index (χ4v) is 3.61. The maximum atomic E-state index is 12.4. The summed E-state index contributed by atoms with van der Waals surface area (Å²) in [6, 6.07) is 11.2. The van der Waals surface area contributed by atoms with Gasteiger partial charge in [-0.1, -0.05) is 63.0 Å². The standard InChI is InChI=1S/C23H26Cl2N4O/c1-5-19-28-20-17(12-16(24)13-18(20)25)21(29-19)26-10-11-27-22(30)14-6-8-15(9-7-14)23(2,3)4/h6-9,12-13H,5,10-11H2,1-4H3,(H,27,30)(H,26,28,29). The molecule has 0 saturated carbocycles. The number of rotatable bonds is 6. The summed E-state index contributed by atoms with van der Waals surface area (Å²) in [4.78, 5) is 21.5. The summed E-state index contributed by atoms with van der Waals surface area (Å²) in [6.45, 7) is 9.38. The summed E-state index contributed by atoms with van der Waals surface area (Å²) in [5.74, 6) is 1.24. The summed E-state index contributed by atoms with van der Waals surface area (Å²) < 4.78 is 0. The molecule has 2 aromatic carbocycles. The van der Waals surface area contributed by atoms with Crippen molar-refractivity contribution in [2.45, 2.75) is 39.5 Å².